The van der Waals surface area contributed by atoms with Crippen LogP contribution in [0.25, 0.3) is 0 Å². The third-order valence-corrected chi connectivity index (χ3v) is 2.11. The number of carboxylic acids is 1. The molecule has 1 rings (SSSR count). The third kappa shape index (κ3) is 5.64. The summed E-state index contributed by atoms with van der Waals surface area (Å²) in [4.78, 5) is 32.7. The van der Waals surface area contributed by atoms with Crippen LogP contribution in [-0.2, 0) is 20.8 Å². The molecule has 0 heterocycles. The fraction of sp³-hybridized carbons (Fsp3) is 0.250. The van der Waals surface area contributed by atoms with Gasteiger partial charge >= 0.3 is 5.97 Å². The maximum atomic E-state index is 11.4. The van der Waals surface area contributed by atoms with Crippen LogP contribution in [0.4, 0.5) is 0 Å². The number of hydrazine groups is 1. The van der Waals surface area contributed by atoms with Gasteiger partial charge in [0.05, 0.1) is 12.8 Å². The largest absolute Gasteiger partial charge is 0.481 e. The molecule has 0 aromatic heterocycles. The van der Waals surface area contributed by atoms with Crippen molar-refractivity contribution in [2.45, 2.75) is 19.3 Å². The Kier molecular flexibility index (Phi) is 5.37. The molecule has 3 N–H and O–H groups in total. The van der Waals surface area contributed by atoms with Crippen molar-refractivity contribution in [2.75, 3.05) is 0 Å². The summed E-state index contributed by atoms with van der Waals surface area (Å²) in [7, 11) is 0. The van der Waals surface area contributed by atoms with Crippen molar-refractivity contribution in [1.29, 1.82) is 0 Å². The molecule has 96 valence electrons. The van der Waals surface area contributed by atoms with Gasteiger partial charge in [-0.1, -0.05) is 30.3 Å². The Hall–Kier alpha value is -2.37. The molecule has 0 atom stereocenters. The molecule has 0 spiro atoms. The van der Waals surface area contributed by atoms with Gasteiger partial charge in [0.25, 0.3) is 0 Å². The Bertz CT molecular complexity index is 431. The van der Waals surface area contributed by atoms with Crippen LogP contribution in [0.1, 0.15) is 18.4 Å². The Labute approximate surface area is 104 Å². The van der Waals surface area contributed by atoms with Gasteiger partial charge in [-0.2, -0.15) is 0 Å². The molecule has 0 unspecified atom stereocenters. The van der Waals surface area contributed by atoms with E-state index in [0.717, 1.165) is 5.56 Å². The number of benzene rings is 1. The third-order valence-electron chi connectivity index (χ3n) is 2.11. The molecule has 2 amide bonds. The van der Waals surface area contributed by atoms with E-state index < -0.39 is 11.9 Å². The zero-order valence-corrected chi connectivity index (χ0v) is 9.68. The van der Waals surface area contributed by atoms with E-state index in [0.29, 0.717) is 0 Å². The van der Waals surface area contributed by atoms with E-state index in [1.54, 1.807) is 12.1 Å². The van der Waals surface area contributed by atoms with Crippen LogP contribution in [0, 0.1) is 0 Å². The Morgan fingerprint density at radius 2 is 1.56 bits per heavy atom. The molecule has 0 aliphatic carbocycles. The van der Waals surface area contributed by atoms with Crippen LogP contribution in [0.5, 0.6) is 0 Å². The van der Waals surface area contributed by atoms with Crippen LogP contribution in [-0.4, -0.2) is 22.9 Å². The summed E-state index contributed by atoms with van der Waals surface area (Å²) in [5.41, 5.74) is 5.21. The van der Waals surface area contributed by atoms with Gasteiger partial charge in [-0.05, 0) is 5.56 Å². The molecule has 0 aliphatic heterocycles. The quantitative estimate of drug-likeness (QED) is 0.652. The number of carboxylic acid groups (broad SMARTS) is 1. The van der Waals surface area contributed by atoms with Crippen molar-refractivity contribution in [3.05, 3.63) is 35.9 Å². The zero-order chi connectivity index (χ0) is 13.4. The van der Waals surface area contributed by atoms with Crippen LogP contribution in [0.2, 0.25) is 0 Å². The number of amides is 2. The first-order chi connectivity index (χ1) is 8.58. The van der Waals surface area contributed by atoms with Gasteiger partial charge in [-0.3, -0.25) is 25.2 Å². The maximum Gasteiger partial charge on any atom is 0.303 e. The predicted molar refractivity (Wildman–Crippen MR) is 63.3 cm³/mol. The van der Waals surface area contributed by atoms with Crippen molar-refractivity contribution >= 4 is 17.8 Å². The summed E-state index contributed by atoms with van der Waals surface area (Å²) in [6.45, 7) is 0. The normalized spacial score (nSPS) is 9.56. The summed E-state index contributed by atoms with van der Waals surface area (Å²) >= 11 is 0. The van der Waals surface area contributed by atoms with Crippen LogP contribution in [0.3, 0.4) is 0 Å². The first-order valence-corrected chi connectivity index (χ1v) is 5.41. The van der Waals surface area contributed by atoms with Gasteiger partial charge in [0.2, 0.25) is 11.8 Å². The lowest BCUT2D eigenvalue weighted by Gasteiger charge is -2.06. The number of carbonyl (C=O) groups excluding carboxylic acids is 2. The highest BCUT2D eigenvalue weighted by Gasteiger charge is 2.07. The maximum absolute atomic E-state index is 11.4. The Morgan fingerprint density at radius 3 is 2.17 bits per heavy atom. The molecule has 1 aromatic carbocycles. The molecule has 0 radical (unpaired) electrons. The van der Waals surface area contributed by atoms with Crippen molar-refractivity contribution < 1.29 is 19.5 Å². The standard InChI is InChI=1S/C12H14N2O4/c15-10(6-7-12(17)18)13-14-11(16)8-9-4-2-1-3-5-9/h1-5H,6-8H2,(H,13,15)(H,14,16)(H,17,18). The molecule has 0 saturated heterocycles. The second-order valence-corrected chi connectivity index (χ2v) is 3.65. The lowest BCUT2D eigenvalue weighted by Crippen LogP contribution is -2.42. The van der Waals surface area contributed by atoms with E-state index >= 15 is 0 Å². The topological polar surface area (TPSA) is 95.5 Å². The molecule has 0 aliphatic rings. The first-order valence-electron chi connectivity index (χ1n) is 5.41. The lowest BCUT2D eigenvalue weighted by atomic mass is 10.1. The SMILES string of the molecule is O=C(O)CCC(=O)NNC(=O)Cc1ccccc1. The molecular weight excluding hydrogens is 236 g/mol. The minimum atomic E-state index is -1.05. The number of hydrogen-bond donors (Lipinski definition) is 3. The van der Waals surface area contributed by atoms with E-state index in [1.165, 1.54) is 0 Å². The second kappa shape index (κ2) is 7.05. The molecule has 0 saturated carbocycles. The molecule has 18 heavy (non-hydrogen) atoms. The van der Waals surface area contributed by atoms with Crippen molar-refractivity contribution in [3.63, 3.8) is 0 Å². The van der Waals surface area contributed by atoms with Gasteiger partial charge in [-0.15, -0.1) is 0 Å². The number of nitrogens with one attached hydrogen (secondary N) is 2. The Balaban J connectivity index is 2.25. The average molecular weight is 250 g/mol. The lowest BCUT2D eigenvalue weighted by molar-refractivity contribution is -0.139. The van der Waals surface area contributed by atoms with Gasteiger partial charge in [-0.25, -0.2) is 0 Å². The molecule has 6 nitrogen and oxygen atoms in total. The van der Waals surface area contributed by atoms with Gasteiger partial charge in [0, 0.05) is 6.42 Å². The van der Waals surface area contributed by atoms with Gasteiger partial charge in [0.15, 0.2) is 0 Å². The molecule has 0 bridgehead atoms. The highest BCUT2D eigenvalue weighted by atomic mass is 16.4. The molecule has 1 aromatic rings. The van der Waals surface area contributed by atoms with Crippen molar-refractivity contribution in [2.24, 2.45) is 0 Å². The monoisotopic (exact) mass is 250 g/mol. The number of rotatable bonds is 5. The minimum Gasteiger partial charge on any atom is -0.481 e. The predicted octanol–water partition coefficient (Wildman–Crippen LogP) is 0.241. The second-order valence-electron chi connectivity index (χ2n) is 3.65. The summed E-state index contributed by atoms with van der Waals surface area (Å²) < 4.78 is 0. The Morgan fingerprint density at radius 1 is 0.944 bits per heavy atom. The first kappa shape index (κ1) is 13.7. The van der Waals surface area contributed by atoms with Crippen molar-refractivity contribution in [1.82, 2.24) is 10.9 Å². The fourth-order valence-electron chi connectivity index (χ4n) is 1.25. The smallest absolute Gasteiger partial charge is 0.303 e. The van der Waals surface area contributed by atoms with Crippen LogP contribution >= 0.6 is 0 Å². The zero-order valence-electron chi connectivity index (χ0n) is 9.68. The van der Waals surface area contributed by atoms with Crippen LogP contribution < -0.4 is 10.9 Å². The summed E-state index contributed by atoms with van der Waals surface area (Å²) in [5, 5.41) is 8.37. The highest BCUT2D eigenvalue weighted by Crippen LogP contribution is 1.98. The summed E-state index contributed by atoms with van der Waals surface area (Å²) in [6.07, 6.45) is -0.276. The summed E-state index contributed by atoms with van der Waals surface area (Å²) in [6, 6.07) is 9.06. The van der Waals surface area contributed by atoms with E-state index in [1.807, 2.05) is 18.2 Å². The average Bonchev–Trinajstić information content (AvgIpc) is 2.35. The van der Waals surface area contributed by atoms with E-state index in [2.05, 4.69) is 10.9 Å². The minimum absolute atomic E-state index is 0.153. The van der Waals surface area contributed by atoms with Crippen LogP contribution in [0.15, 0.2) is 30.3 Å². The van der Waals surface area contributed by atoms with Crippen molar-refractivity contribution in [3.8, 4) is 0 Å². The number of aliphatic carboxylic acids is 1. The van der Waals surface area contributed by atoms with Gasteiger partial charge < -0.3 is 5.11 Å². The number of carbonyl (C=O) groups is 3. The summed E-state index contributed by atoms with van der Waals surface area (Å²) in [5.74, 6) is -1.94. The van der Waals surface area contributed by atoms with E-state index in [4.69, 9.17) is 5.11 Å². The number of hydrogen-bond acceptors (Lipinski definition) is 3. The van der Waals surface area contributed by atoms with E-state index in [9.17, 15) is 14.4 Å². The molecule has 0 fully saturated rings. The van der Waals surface area contributed by atoms with E-state index in [-0.39, 0.29) is 25.2 Å². The fourth-order valence-corrected chi connectivity index (χ4v) is 1.25. The molecular formula is C12H14N2O4. The highest BCUT2D eigenvalue weighted by molar-refractivity contribution is 5.84. The van der Waals surface area contributed by atoms with Gasteiger partial charge in [0.1, 0.15) is 0 Å². The molecule has 6 heteroatoms.